The van der Waals surface area contributed by atoms with Gasteiger partial charge >= 0.3 is 0 Å². The summed E-state index contributed by atoms with van der Waals surface area (Å²) in [7, 11) is 1.76. The van der Waals surface area contributed by atoms with E-state index in [2.05, 4.69) is 0 Å². The van der Waals surface area contributed by atoms with E-state index >= 15 is 0 Å². The molecule has 0 radical (unpaired) electrons. The van der Waals surface area contributed by atoms with E-state index in [9.17, 15) is 4.79 Å². The van der Waals surface area contributed by atoms with E-state index < -0.39 is 0 Å². The molecule has 1 amide bonds. The summed E-state index contributed by atoms with van der Waals surface area (Å²) in [5, 5.41) is 0. The first-order chi connectivity index (χ1) is 7.22. The van der Waals surface area contributed by atoms with Gasteiger partial charge in [-0.3, -0.25) is 4.79 Å². The molecule has 3 nitrogen and oxygen atoms in total. The SMILES string of the molecule is CCN(CC)C(=O)C1CCC(OC)CC1. The number of amides is 1. The van der Waals surface area contributed by atoms with Crippen molar-refractivity contribution in [1.29, 1.82) is 0 Å². The summed E-state index contributed by atoms with van der Waals surface area (Å²) in [4.78, 5) is 14.0. The number of nitrogens with zero attached hydrogens (tertiary/aromatic N) is 1. The van der Waals surface area contributed by atoms with Gasteiger partial charge in [-0.2, -0.15) is 0 Å². The first-order valence-electron chi connectivity index (χ1n) is 6.04. The zero-order chi connectivity index (χ0) is 11.3. The van der Waals surface area contributed by atoms with E-state index in [-0.39, 0.29) is 5.92 Å². The Hall–Kier alpha value is -0.570. The Kier molecular flexibility index (Phi) is 5.09. The highest BCUT2D eigenvalue weighted by molar-refractivity contribution is 5.78. The molecule has 0 unspecified atom stereocenters. The predicted octanol–water partition coefficient (Wildman–Crippen LogP) is 2.06. The van der Waals surface area contributed by atoms with Gasteiger partial charge in [-0.1, -0.05) is 0 Å². The number of hydrogen-bond acceptors (Lipinski definition) is 2. The molecule has 0 atom stereocenters. The highest BCUT2D eigenvalue weighted by Crippen LogP contribution is 2.27. The lowest BCUT2D eigenvalue weighted by Gasteiger charge is -2.30. The minimum Gasteiger partial charge on any atom is -0.381 e. The normalized spacial score (nSPS) is 26.3. The molecule has 0 heterocycles. The Morgan fingerprint density at radius 3 is 2.13 bits per heavy atom. The molecule has 1 saturated carbocycles. The summed E-state index contributed by atoms with van der Waals surface area (Å²) in [6, 6.07) is 0. The third-order valence-corrected chi connectivity index (χ3v) is 3.43. The molecule has 0 aromatic carbocycles. The van der Waals surface area contributed by atoms with Crippen LogP contribution in [0.2, 0.25) is 0 Å². The molecule has 3 heteroatoms. The standard InChI is InChI=1S/C12H23NO2/c1-4-13(5-2)12(14)10-6-8-11(15-3)9-7-10/h10-11H,4-9H2,1-3H3. The Labute approximate surface area is 92.8 Å². The molecule has 0 aliphatic heterocycles. The minimum absolute atomic E-state index is 0.247. The van der Waals surface area contributed by atoms with E-state index in [1.165, 1.54) is 0 Å². The van der Waals surface area contributed by atoms with Crippen LogP contribution in [-0.4, -0.2) is 37.1 Å². The largest absolute Gasteiger partial charge is 0.381 e. The van der Waals surface area contributed by atoms with Crippen molar-refractivity contribution in [2.24, 2.45) is 5.92 Å². The minimum atomic E-state index is 0.247. The molecule has 1 aliphatic rings. The quantitative estimate of drug-likeness (QED) is 0.715. The zero-order valence-corrected chi connectivity index (χ0v) is 10.2. The van der Waals surface area contributed by atoms with Gasteiger partial charge in [-0.25, -0.2) is 0 Å². The number of hydrogen-bond donors (Lipinski definition) is 0. The Morgan fingerprint density at radius 1 is 1.20 bits per heavy atom. The summed E-state index contributed by atoms with van der Waals surface area (Å²) < 4.78 is 5.31. The van der Waals surface area contributed by atoms with E-state index in [0.29, 0.717) is 12.0 Å². The molecule has 88 valence electrons. The van der Waals surface area contributed by atoms with Crippen molar-refractivity contribution in [2.75, 3.05) is 20.2 Å². The fourth-order valence-corrected chi connectivity index (χ4v) is 2.34. The van der Waals surface area contributed by atoms with Gasteiger partial charge in [0, 0.05) is 26.1 Å². The van der Waals surface area contributed by atoms with E-state index in [1.807, 2.05) is 18.7 Å². The van der Waals surface area contributed by atoms with Crippen LogP contribution >= 0.6 is 0 Å². The summed E-state index contributed by atoms with van der Waals surface area (Å²) in [6.07, 6.45) is 4.44. The second-order valence-corrected chi connectivity index (χ2v) is 4.22. The molecule has 15 heavy (non-hydrogen) atoms. The maximum atomic E-state index is 12.0. The molecular weight excluding hydrogens is 190 g/mol. The lowest BCUT2D eigenvalue weighted by molar-refractivity contribution is -0.137. The summed E-state index contributed by atoms with van der Waals surface area (Å²) in [6.45, 7) is 5.75. The van der Waals surface area contributed by atoms with Gasteiger partial charge in [0.25, 0.3) is 0 Å². The predicted molar refractivity (Wildman–Crippen MR) is 60.7 cm³/mol. The molecule has 0 aromatic heterocycles. The van der Waals surface area contributed by atoms with Crippen LogP contribution in [-0.2, 0) is 9.53 Å². The Balaban J connectivity index is 2.42. The Morgan fingerprint density at radius 2 is 1.73 bits per heavy atom. The first kappa shape index (κ1) is 12.5. The van der Waals surface area contributed by atoms with Gasteiger partial charge in [-0.05, 0) is 39.5 Å². The van der Waals surface area contributed by atoms with Crippen molar-refractivity contribution in [3.8, 4) is 0 Å². The van der Waals surface area contributed by atoms with Gasteiger partial charge in [0.2, 0.25) is 5.91 Å². The van der Waals surface area contributed by atoms with Gasteiger partial charge < -0.3 is 9.64 Å². The fourth-order valence-electron chi connectivity index (χ4n) is 2.34. The van der Waals surface area contributed by atoms with Crippen LogP contribution in [0.3, 0.4) is 0 Å². The van der Waals surface area contributed by atoms with Gasteiger partial charge in [-0.15, -0.1) is 0 Å². The van der Waals surface area contributed by atoms with Crippen LogP contribution in [0.4, 0.5) is 0 Å². The average molecular weight is 213 g/mol. The molecule has 1 rings (SSSR count). The number of carbonyl (C=O) groups excluding carboxylic acids is 1. The van der Waals surface area contributed by atoms with E-state index in [4.69, 9.17) is 4.74 Å². The van der Waals surface area contributed by atoms with Crippen LogP contribution in [0, 0.1) is 5.92 Å². The second-order valence-electron chi connectivity index (χ2n) is 4.22. The number of ether oxygens (including phenoxy) is 1. The fraction of sp³-hybridized carbons (Fsp3) is 0.917. The van der Waals surface area contributed by atoms with Crippen LogP contribution in [0.5, 0.6) is 0 Å². The Bertz CT molecular complexity index is 194. The average Bonchev–Trinajstić information content (AvgIpc) is 2.30. The summed E-state index contributed by atoms with van der Waals surface area (Å²) >= 11 is 0. The highest BCUT2D eigenvalue weighted by atomic mass is 16.5. The van der Waals surface area contributed by atoms with Crippen LogP contribution in [0.1, 0.15) is 39.5 Å². The van der Waals surface area contributed by atoms with Crippen molar-refractivity contribution in [3.63, 3.8) is 0 Å². The van der Waals surface area contributed by atoms with E-state index in [1.54, 1.807) is 7.11 Å². The van der Waals surface area contributed by atoms with Crippen LogP contribution in [0.15, 0.2) is 0 Å². The molecule has 0 aromatic rings. The maximum Gasteiger partial charge on any atom is 0.225 e. The van der Waals surface area contributed by atoms with Crippen LogP contribution < -0.4 is 0 Å². The smallest absolute Gasteiger partial charge is 0.225 e. The molecule has 1 aliphatic carbocycles. The van der Waals surface area contributed by atoms with Crippen molar-refractivity contribution in [1.82, 2.24) is 4.90 Å². The molecule has 0 bridgehead atoms. The molecular formula is C12H23NO2. The van der Waals surface area contributed by atoms with E-state index in [0.717, 1.165) is 38.8 Å². The van der Waals surface area contributed by atoms with Crippen molar-refractivity contribution >= 4 is 5.91 Å². The van der Waals surface area contributed by atoms with Gasteiger partial charge in [0.15, 0.2) is 0 Å². The third-order valence-electron chi connectivity index (χ3n) is 3.43. The summed E-state index contributed by atoms with van der Waals surface area (Å²) in [5.41, 5.74) is 0. The van der Waals surface area contributed by atoms with Gasteiger partial charge in [0.05, 0.1) is 6.10 Å². The first-order valence-corrected chi connectivity index (χ1v) is 6.04. The zero-order valence-electron chi connectivity index (χ0n) is 10.2. The summed E-state index contributed by atoms with van der Waals surface area (Å²) in [5.74, 6) is 0.589. The number of methoxy groups -OCH3 is 1. The van der Waals surface area contributed by atoms with Crippen molar-refractivity contribution in [2.45, 2.75) is 45.6 Å². The topological polar surface area (TPSA) is 29.5 Å². The van der Waals surface area contributed by atoms with Crippen molar-refractivity contribution in [3.05, 3.63) is 0 Å². The number of rotatable bonds is 4. The lowest BCUT2D eigenvalue weighted by atomic mass is 9.86. The van der Waals surface area contributed by atoms with Gasteiger partial charge in [0.1, 0.15) is 0 Å². The third kappa shape index (κ3) is 3.20. The second kappa shape index (κ2) is 6.11. The molecule has 0 saturated heterocycles. The highest BCUT2D eigenvalue weighted by Gasteiger charge is 2.28. The monoisotopic (exact) mass is 213 g/mol. The molecule has 1 fully saturated rings. The molecule has 0 N–H and O–H groups in total. The van der Waals surface area contributed by atoms with Crippen molar-refractivity contribution < 1.29 is 9.53 Å². The van der Waals surface area contributed by atoms with Crippen LogP contribution in [0.25, 0.3) is 0 Å². The molecule has 0 spiro atoms. The lowest BCUT2D eigenvalue weighted by Crippen LogP contribution is -2.38. The number of carbonyl (C=O) groups is 1. The maximum absolute atomic E-state index is 12.0.